The maximum atomic E-state index is 12.2. The van der Waals surface area contributed by atoms with Gasteiger partial charge in [0.15, 0.2) is 0 Å². The van der Waals surface area contributed by atoms with E-state index in [1.807, 2.05) is 57.4 Å². The number of aryl methyl sites for hydroxylation is 1. The van der Waals surface area contributed by atoms with Crippen molar-refractivity contribution in [1.82, 2.24) is 15.2 Å². The molecule has 5 heteroatoms. The Morgan fingerprint density at radius 2 is 1.91 bits per heavy atom. The van der Waals surface area contributed by atoms with Crippen LogP contribution in [0.15, 0.2) is 42.5 Å². The van der Waals surface area contributed by atoms with Gasteiger partial charge in [0.2, 0.25) is 0 Å². The van der Waals surface area contributed by atoms with Crippen molar-refractivity contribution < 1.29 is 9.53 Å². The van der Waals surface area contributed by atoms with Crippen LogP contribution in [0.5, 0.6) is 5.75 Å². The summed E-state index contributed by atoms with van der Waals surface area (Å²) in [7, 11) is 5.63. The van der Waals surface area contributed by atoms with Crippen LogP contribution in [-0.2, 0) is 0 Å². The maximum Gasteiger partial charge on any atom is 0.269 e. The van der Waals surface area contributed by atoms with Crippen molar-refractivity contribution in [2.75, 3.05) is 27.7 Å². The lowest BCUT2D eigenvalue weighted by molar-refractivity contribution is 0.0936. The SMILES string of the molecule is COc1ccc(C(CNC(=O)c2cccc(C)n2)N(C)C)cc1. The van der Waals surface area contributed by atoms with Crippen molar-refractivity contribution in [3.05, 3.63) is 59.4 Å². The fourth-order valence-electron chi connectivity index (χ4n) is 2.37. The minimum atomic E-state index is -0.158. The Morgan fingerprint density at radius 3 is 2.48 bits per heavy atom. The van der Waals surface area contributed by atoms with E-state index in [1.54, 1.807) is 13.2 Å². The monoisotopic (exact) mass is 313 g/mol. The van der Waals surface area contributed by atoms with E-state index < -0.39 is 0 Å². The van der Waals surface area contributed by atoms with Gasteiger partial charge in [0.05, 0.1) is 13.2 Å². The Hall–Kier alpha value is -2.40. The van der Waals surface area contributed by atoms with Crippen LogP contribution in [0.1, 0.15) is 27.8 Å². The van der Waals surface area contributed by atoms with E-state index in [1.165, 1.54) is 0 Å². The lowest BCUT2D eigenvalue weighted by Gasteiger charge is -2.25. The lowest BCUT2D eigenvalue weighted by Crippen LogP contribution is -2.34. The number of carbonyl (C=O) groups is 1. The van der Waals surface area contributed by atoms with E-state index in [2.05, 4.69) is 15.2 Å². The number of pyridine rings is 1. The Balaban J connectivity index is 2.06. The molecular formula is C18H23N3O2. The third kappa shape index (κ3) is 4.53. The fourth-order valence-corrected chi connectivity index (χ4v) is 2.37. The van der Waals surface area contributed by atoms with Crippen molar-refractivity contribution in [2.24, 2.45) is 0 Å². The van der Waals surface area contributed by atoms with Gasteiger partial charge in [-0.2, -0.15) is 0 Å². The first-order valence-corrected chi connectivity index (χ1v) is 7.53. The molecule has 23 heavy (non-hydrogen) atoms. The largest absolute Gasteiger partial charge is 0.497 e. The van der Waals surface area contributed by atoms with Crippen LogP contribution in [0, 0.1) is 6.92 Å². The van der Waals surface area contributed by atoms with Crippen molar-refractivity contribution in [3.8, 4) is 5.75 Å². The second-order valence-electron chi connectivity index (χ2n) is 5.63. The van der Waals surface area contributed by atoms with Gasteiger partial charge in [0, 0.05) is 12.2 Å². The highest BCUT2D eigenvalue weighted by atomic mass is 16.5. The van der Waals surface area contributed by atoms with Gasteiger partial charge < -0.3 is 15.0 Å². The number of nitrogens with one attached hydrogen (secondary N) is 1. The summed E-state index contributed by atoms with van der Waals surface area (Å²) in [6.45, 7) is 2.38. The summed E-state index contributed by atoms with van der Waals surface area (Å²) in [6, 6.07) is 13.4. The van der Waals surface area contributed by atoms with Crippen molar-refractivity contribution in [1.29, 1.82) is 0 Å². The number of hydrogen-bond acceptors (Lipinski definition) is 4. The summed E-state index contributed by atoms with van der Waals surface area (Å²) < 4.78 is 5.19. The summed E-state index contributed by atoms with van der Waals surface area (Å²) in [5, 5.41) is 2.96. The first-order valence-electron chi connectivity index (χ1n) is 7.53. The number of likely N-dealkylation sites (N-methyl/N-ethyl adjacent to an activating group) is 1. The molecular weight excluding hydrogens is 290 g/mol. The average molecular weight is 313 g/mol. The lowest BCUT2D eigenvalue weighted by atomic mass is 10.1. The number of aromatic nitrogens is 1. The van der Waals surface area contributed by atoms with Crippen LogP contribution in [0.25, 0.3) is 0 Å². The molecule has 1 aromatic heterocycles. The molecule has 1 aromatic carbocycles. The molecule has 0 aliphatic heterocycles. The molecule has 1 heterocycles. The van der Waals surface area contributed by atoms with Crippen LogP contribution < -0.4 is 10.1 Å². The first-order chi connectivity index (χ1) is 11.0. The number of methoxy groups -OCH3 is 1. The molecule has 1 N–H and O–H groups in total. The number of nitrogens with zero attached hydrogens (tertiary/aromatic N) is 2. The topological polar surface area (TPSA) is 54.5 Å². The van der Waals surface area contributed by atoms with Crippen LogP contribution in [0.2, 0.25) is 0 Å². The molecule has 0 fully saturated rings. The number of benzene rings is 1. The molecule has 0 spiro atoms. The van der Waals surface area contributed by atoms with E-state index in [9.17, 15) is 4.79 Å². The molecule has 122 valence electrons. The molecule has 1 amide bonds. The highest BCUT2D eigenvalue weighted by molar-refractivity contribution is 5.92. The highest BCUT2D eigenvalue weighted by Crippen LogP contribution is 2.20. The van der Waals surface area contributed by atoms with E-state index in [-0.39, 0.29) is 11.9 Å². The Bertz CT molecular complexity index is 654. The number of rotatable bonds is 6. The third-order valence-corrected chi connectivity index (χ3v) is 3.70. The molecule has 0 bridgehead atoms. The molecule has 2 rings (SSSR count). The van der Waals surface area contributed by atoms with Gasteiger partial charge in [-0.05, 0) is 50.8 Å². The molecule has 1 atom stereocenters. The quantitative estimate of drug-likeness (QED) is 0.890. The van der Waals surface area contributed by atoms with Crippen molar-refractivity contribution in [2.45, 2.75) is 13.0 Å². The molecule has 0 saturated heterocycles. The van der Waals surface area contributed by atoms with Crippen LogP contribution in [-0.4, -0.2) is 43.5 Å². The number of ether oxygens (including phenoxy) is 1. The molecule has 5 nitrogen and oxygen atoms in total. The van der Waals surface area contributed by atoms with Crippen molar-refractivity contribution >= 4 is 5.91 Å². The van der Waals surface area contributed by atoms with Crippen molar-refractivity contribution in [3.63, 3.8) is 0 Å². The number of hydrogen-bond donors (Lipinski definition) is 1. The van der Waals surface area contributed by atoms with E-state index in [0.29, 0.717) is 12.2 Å². The van der Waals surface area contributed by atoms with E-state index in [4.69, 9.17) is 4.74 Å². The second-order valence-corrected chi connectivity index (χ2v) is 5.63. The third-order valence-electron chi connectivity index (χ3n) is 3.70. The predicted octanol–water partition coefficient (Wildman–Crippen LogP) is 2.43. The fraction of sp³-hybridized carbons (Fsp3) is 0.333. The normalized spacial score (nSPS) is 12.0. The summed E-state index contributed by atoms with van der Waals surface area (Å²) in [6.07, 6.45) is 0. The average Bonchev–Trinajstić information content (AvgIpc) is 2.55. The Labute approximate surface area is 137 Å². The minimum Gasteiger partial charge on any atom is -0.497 e. The summed E-state index contributed by atoms with van der Waals surface area (Å²) in [4.78, 5) is 18.6. The molecule has 0 aliphatic rings. The van der Waals surface area contributed by atoms with Gasteiger partial charge in [0.1, 0.15) is 11.4 Å². The van der Waals surface area contributed by atoms with Gasteiger partial charge in [-0.3, -0.25) is 4.79 Å². The van der Waals surface area contributed by atoms with Gasteiger partial charge in [-0.1, -0.05) is 18.2 Å². The minimum absolute atomic E-state index is 0.0784. The number of carbonyl (C=O) groups excluding carboxylic acids is 1. The van der Waals surface area contributed by atoms with Gasteiger partial charge >= 0.3 is 0 Å². The highest BCUT2D eigenvalue weighted by Gasteiger charge is 2.16. The molecule has 0 radical (unpaired) electrons. The zero-order chi connectivity index (χ0) is 16.8. The van der Waals surface area contributed by atoms with Crippen LogP contribution in [0.4, 0.5) is 0 Å². The van der Waals surface area contributed by atoms with Crippen LogP contribution in [0.3, 0.4) is 0 Å². The molecule has 2 aromatic rings. The Morgan fingerprint density at radius 1 is 1.22 bits per heavy atom. The zero-order valence-electron chi connectivity index (χ0n) is 14.0. The second kappa shape index (κ2) is 7.74. The standard InChI is InChI=1S/C18H23N3O2/c1-13-6-5-7-16(20-13)18(22)19-12-17(21(2)3)14-8-10-15(23-4)11-9-14/h5-11,17H,12H2,1-4H3,(H,19,22). The molecule has 1 unspecified atom stereocenters. The van der Waals surface area contributed by atoms with Gasteiger partial charge in [-0.25, -0.2) is 4.98 Å². The summed E-state index contributed by atoms with van der Waals surface area (Å²) in [5.41, 5.74) is 2.39. The van der Waals surface area contributed by atoms with E-state index >= 15 is 0 Å². The number of amides is 1. The first kappa shape index (κ1) is 17.0. The predicted molar refractivity (Wildman–Crippen MR) is 90.7 cm³/mol. The smallest absolute Gasteiger partial charge is 0.269 e. The summed E-state index contributed by atoms with van der Waals surface area (Å²) in [5.74, 6) is 0.660. The molecule has 0 aliphatic carbocycles. The van der Waals surface area contributed by atoms with E-state index in [0.717, 1.165) is 17.0 Å². The summed E-state index contributed by atoms with van der Waals surface area (Å²) >= 11 is 0. The van der Waals surface area contributed by atoms with Gasteiger partial charge in [-0.15, -0.1) is 0 Å². The Kier molecular flexibility index (Phi) is 5.71. The van der Waals surface area contributed by atoms with Crippen LogP contribution >= 0.6 is 0 Å². The molecule has 0 saturated carbocycles. The maximum absolute atomic E-state index is 12.2. The van der Waals surface area contributed by atoms with Gasteiger partial charge in [0.25, 0.3) is 5.91 Å². The zero-order valence-corrected chi connectivity index (χ0v) is 14.0.